The van der Waals surface area contributed by atoms with Crippen molar-refractivity contribution in [1.82, 2.24) is 0 Å². The highest BCUT2D eigenvalue weighted by Gasteiger charge is 2.65. The van der Waals surface area contributed by atoms with Crippen LogP contribution in [0.5, 0.6) is 0 Å². The predicted molar refractivity (Wildman–Crippen MR) is 110 cm³/mol. The first-order valence-electron chi connectivity index (χ1n) is 10.4. The molecule has 4 nitrogen and oxygen atoms in total. The molecule has 0 amide bonds. The van der Waals surface area contributed by atoms with Crippen LogP contribution >= 0.6 is 0 Å². The molecule has 27 heavy (non-hydrogen) atoms. The molecule has 2 aliphatic carbocycles. The molecule has 154 valence electrons. The van der Waals surface area contributed by atoms with E-state index in [1.54, 1.807) is 0 Å². The molecular weight excluding hydrogens is 356 g/mol. The van der Waals surface area contributed by atoms with Crippen molar-refractivity contribution < 1.29 is 18.7 Å². The third-order valence-electron chi connectivity index (χ3n) is 8.32. The summed E-state index contributed by atoms with van der Waals surface area (Å²) in [6.07, 6.45) is 6.25. The van der Waals surface area contributed by atoms with Crippen LogP contribution in [0.15, 0.2) is 11.6 Å². The zero-order chi connectivity index (χ0) is 20.3. The minimum Gasteiger partial charge on any atom is -0.430 e. The molecule has 1 heterocycles. The summed E-state index contributed by atoms with van der Waals surface area (Å²) in [5, 5.41) is 0.150. The number of hydrogen-bond donors (Lipinski definition) is 0. The van der Waals surface area contributed by atoms with Gasteiger partial charge in [0, 0.05) is 5.41 Å². The fourth-order valence-corrected chi connectivity index (χ4v) is 6.38. The van der Waals surface area contributed by atoms with Crippen molar-refractivity contribution in [3.63, 3.8) is 0 Å². The van der Waals surface area contributed by atoms with Gasteiger partial charge in [-0.3, -0.25) is 0 Å². The van der Waals surface area contributed by atoms with Gasteiger partial charge in [-0.05, 0) is 54.3 Å². The second-order valence-corrected chi connectivity index (χ2v) is 16.1. The molecule has 0 bridgehead atoms. The van der Waals surface area contributed by atoms with Crippen LogP contribution in [-0.4, -0.2) is 33.3 Å². The van der Waals surface area contributed by atoms with Crippen molar-refractivity contribution in [1.29, 1.82) is 0 Å². The van der Waals surface area contributed by atoms with Gasteiger partial charge in [-0.2, -0.15) is 0 Å². The Labute approximate surface area is 166 Å². The molecule has 0 aromatic rings. The maximum atomic E-state index is 12.1. The summed E-state index contributed by atoms with van der Waals surface area (Å²) in [6.45, 7) is 19.2. The molecule has 1 aliphatic heterocycles. The van der Waals surface area contributed by atoms with E-state index in [0.717, 1.165) is 24.8 Å². The van der Waals surface area contributed by atoms with Gasteiger partial charge in [0.25, 0.3) is 0 Å². The molecule has 1 spiro atoms. The summed E-state index contributed by atoms with van der Waals surface area (Å²) >= 11 is 0. The first-order chi connectivity index (χ1) is 12.3. The summed E-state index contributed by atoms with van der Waals surface area (Å²) in [5.41, 5.74) is 0.571. The molecule has 5 heteroatoms. The van der Waals surface area contributed by atoms with Crippen LogP contribution in [0.1, 0.15) is 67.2 Å². The van der Waals surface area contributed by atoms with Crippen molar-refractivity contribution in [2.45, 2.75) is 91.0 Å². The fourth-order valence-electron chi connectivity index (χ4n) is 5.43. The highest BCUT2D eigenvalue weighted by Crippen LogP contribution is 2.63. The lowest BCUT2D eigenvalue weighted by Gasteiger charge is -2.59. The molecule has 3 aliphatic rings. The Bertz CT molecular complexity index is 645. The first kappa shape index (κ1) is 20.9. The number of allylic oxidation sites excluding steroid dienone is 1. The Morgan fingerprint density at radius 2 is 1.89 bits per heavy atom. The lowest BCUT2D eigenvalue weighted by atomic mass is 9.47. The van der Waals surface area contributed by atoms with E-state index in [1.807, 2.05) is 0 Å². The van der Waals surface area contributed by atoms with Crippen molar-refractivity contribution in [3.8, 4) is 0 Å². The van der Waals surface area contributed by atoms with E-state index in [4.69, 9.17) is 13.9 Å². The van der Waals surface area contributed by atoms with Gasteiger partial charge in [-0.15, -0.1) is 0 Å². The van der Waals surface area contributed by atoms with Gasteiger partial charge in [0.05, 0.1) is 6.61 Å². The number of rotatable bonds is 3. The highest BCUT2D eigenvalue weighted by molar-refractivity contribution is 6.74. The molecule has 0 radical (unpaired) electrons. The van der Waals surface area contributed by atoms with E-state index in [1.165, 1.54) is 6.42 Å². The van der Waals surface area contributed by atoms with Gasteiger partial charge in [0.15, 0.2) is 13.9 Å². The summed E-state index contributed by atoms with van der Waals surface area (Å²) in [4.78, 5) is 12.1. The van der Waals surface area contributed by atoms with Crippen molar-refractivity contribution >= 4 is 14.5 Å². The zero-order valence-corrected chi connectivity index (χ0v) is 19.5. The smallest absolute Gasteiger partial charge is 0.430 e. The summed E-state index contributed by atoms with van der Waals surface area (Å²) in [7, 11) is -1.89. The molecule has 0 N–H and O–H groups in total. The molecule has 0 aromatic carbocycles. The second kappa shape index (κ2) is 6.35. The highest BCUT2D eigenvalue weighted by atomic mass is 28.4. The third kappa shape index (κ3) is 3.19. The van der Waals surface area contributed by atoms with Crippen LogP contribution in [-0.2, 0) is 13.9 Å². The topological polar surface area (TPSA) is 44.8 Å². The molecule has 3 rings (SSSR count). The lowest BCUT2D eigenvalue weighted by Crippen LogP contribution is -2.61. The minimum absolute atomic E-state index is 0.109. The summed E-state index contributed by atoms with van der Waals surface area (Å²) in [6, 6.07) is 0. The van der Waals surface area contributed by atoms with Crippen LogP contribution < -0.4 is 0 Å². The number of hydrogen-bond acceptors (Lipinski definition) is 4. The Morgan fingerprint density at radius 3 is 2.44 bits per heavy atom. The number of fused-ring (bicyclic) bond motifs is 2. The number of carbonyl (C=O) groups is 1. The van der Waals surface area contributed by atoms with E-state index < -0.39 is 20.1 Å². The average Bonchev–Trinajstić information content (AvgIpc) is 2.90. The Morgan fingerprint density at radius 1 is 1.22 bits per heavy atom. The van der Waals surface area contributed by atoms with Gasteiger partial charge in [0.2, 0.25) is 0 Å². The van der Waals surface area contributed by atoms with Crippen molar-refractivity contribution in [3.05, 3.63) is 11.6 Å². The Hall–Kier alpha value is -0.813. The van der Waals surface area contributed by atoms with Crippen LogP contribution in [0, 0.1) is 16.7 Å². The summed E-state index contributed by atoms with van der Waals surface area (Å²) in [5.74, 6) is 0.477. The van der Waals surface area contributed by atoms with Crippen LogP contribution in [0.25, 0.3) is 0 Å². The van der Waals surface area contributed by atoms with Gasteiger partial charge < -0.3 is 13.9 Å². The van der Waals surface area contributed by atoms with E-state index in [9.17, 15) is 4.79 Å². The van der Waals surface area contributed by atoms with E-state index >= 15 is 0 Å². The zero-order valence-electron chi connectivity index (χ0n) is 18.5. The largest absolute Gasteiger partial charge is 0.509 e. The van der Waals surface area contributed by atoms with Gasteiger partial charge in [-0.25, -0.2) is 4.79 Å². The van der Waals surface area contributed by atoms with Crippen molar-refractivity contribution in [2.75, 3.05) is 13.2 Å². The quantitative estimate of drug-likeness (QED) is 0.331. The molecule has 1 saturated heterocycles. The third-order valence-corrected chi connectivity index (χ3v) is 12.8. The molecule has 0 aromatic heterocycles. The van der Waals surface area contributed by atoms with E-state index in [-0.39, 0.29) is 15.9 Å². The van der Waals surface area contributed by atoms with Gasteiger partial charge in [-0.1, -0.05) is 54.0 Å². The number of ether oxygens (including phenoxy) is 2. The van der Waals surface area contributed by atoms with Crippen LogP contribution in [0.2, 0.25) is 18.1 Å². The van der Waals surface area contributed by atoms with E-state index in [2.05, 4.69) is 60.7 Å². The summed E-state index contributed by atoms with van der Waals surface area (Å²) < 4.78 is 18.0. The lowest BCUT2D eigenvalue weighted by molar-refractivity contribution is -0.129. The Kier molecular flexibility index (Phi) is 4.91. The maximum Gasteiger partial charge on any atom is 0.509 e. The predicted octanol–water partition coefficient (Wildman–Crippen LogP) is 6.08. The van der Waals surface area contributed by atoms with Crippen LogP contribution in [0.3, 0.4) is 0 Å². The standard InChI is InChI=1S/C22H38O4Si/c1-19(2,3)27(7,8)25-14-16-10-11-17-20(4,5)12-9-13-21(17,6)22(16)15-24-18(23)26-22/h10,17H,9,11-15H2,1-8H3/t17-,21-,22+/m0/s1. The Balaban J connectivity index is 1.96. The first-order valence-corrected chi connectivity index (χ1v) is 13.4. The normalized spacial score (nSPS) is 36.1. The molecule has 0 unspecified atom stereocenters. The van der Waals surface area contributed by atoms with E-state index in [0.29, 0.717) is 19.1 Å². The average molecular weight is 395 g/mol. The molecule has 1 saturated carbocycles. The molecular formula is C22H38O4Si. The van der Waals surface area contributed by atoms with Crippen LogP contribution in [0.4, 0.5) is 4.79 Å². The molecule has 2 fully saturated rings. The van der Waals surface area contributed by atoms with Crippen molar-refractivity contribution in [2.24, 2.45) is 16.7 Å². The monoisotopic (exact) mass is 394 g/mol. The number of cyclic esters (lactones) is 1. The maximum absolute atomic E-state index is 12.1. The number of carbonyl (C=O) groups excluding carboxylic acids is 1. The fraction of sp³-hybridized carbons (Fsp3) is 0.864. The second-order valence-electron chi connectivity index (χ2n) is 11.3. The minimum atomic E-state index is -1.89. The van der Waals surface area contributed by atoms with Gasteiger partial charge in [0.1, 0.15) is 6.61 Å². The SMILES string of the molecule is CC1(C)CCC[C@@]2(C)[C@H]1CC=C(CO[Si](C)(C)C(C)(C)C)[C@]21COC(=O)O1. The molecule has 3 atom stereocenters. The van der Waals surface area contributed by atoms with Gasteiger partial charge >= 0.3 is 6.16 Å².